The number of ether oxygens (including phenoxy) is 1. The lowest BCUT2D eigenvalue weighted by molar-refractivity contribution is 0.412. The molecule has 1 aliphatic heterocycles. The third kappa shape index (κ3) is 2.13. The number of pyridine rings is 1. The van der Waals surface area contributed by atoms with E-state index >= 15 is 0 Å². The minimum Gasteiger partial charge on any atom is -0.494 e. The van der Waals surface area contributed by atoms with E-state index in [1.54, 1.807) is 7.11 Å². The van der Waals surface area contributed by atoms with Crippen molar-refractivity contribution in [2.24, 2.45) is 11.8 Å². The zero-order chi connectivity index (χ0) is 12.5. The lowest BCUT2D eigenvalue weighted by atomic mass is 9.81. The Morgan fingerprint density at radius 1 is 1.44 bits per heavy atom. The van der Waals surface area contributed by atoms with Crippen LogP contribution >= 0.6 is 11.6 Å². The molecule has 0 saturated carbocycles. The molecule has 1 N–H and O–H groups in total. The molecular formula is C14H17ClN2O. The highest BCUT2D eigenvalue weighted by atomic mass is 35.5. The summed E-state index contributed by atoms with van der Waals surface area (Å²) >= 11 is 5.96. The van der Waals surface area contributed by atoms with Crippen molar-refractivity contribution in [3.8, 4) is 5.75 Å². The van der Waals surface area contributed by atoms with Crippen LogP contribution in [-0.4, -0.2) is 25.2 Å². The zero-order valence-electron chi connectivity index (χ0n) is 10.4. The number of allylic oxidation sites excluding steroid dienone is 1. The molecule has 2 unspecified atom stereocenters. The second-order valence-corrected chi connectivity index (χ2v) is 5.39. The van der Waals surface area contributed by atoms with Crippen molar-refractivity contribution >= 4 is 17.2 Å². The van der Waals surface area contributed by atoms with E-state index in [1.807, 2.05) is 12.3 Å². The van der Waals surface area contributed by atoms with Gasteiger partial charge >= 0.3 is 0 Å². The van der Waals surface area contributed by atoms with Gasteiger partial charge in [-0.2, -0.15) is 0 Å². The molecule has 0 bridgehead atoms. The van der Waals surface area contributed by atoms with Gasteiger partial charge in [0.1, 0.15) is 0 Å². The van der Waals surface area contributed by atoms with E-state index in [1.165, 1.54) is 12.0 Å². The van der Waals surface area contributed by atoms with Gasteiger partial charge in [-0.1, -0.05) is 17.7 Å². The molecule has 0 radical (unpaired) electrons. The fourth-order valence-corrected chi connectivity index (χ4v) is 3.11. The lowest BCUT2D eigenvalue weighted by Crippen LogP contribution is -2.15. The second kappa shape index (κ2) is 4.90. The van der Waals surface area contributed by atoms with E-state index in [-0.39, 0.29) is 0 Å². The van der Waals surface area contributed by atoms with E-state index in [9.17, 15) is 0 Å². The Kier molecular flexibility index (Phi) is 3.27. The summed E-state index contributed by atoms with van der Waals surface area (Å²) in [4.78, 5) is 4.19. The van der Waals surface area contributed by atoms with Gasteiger partial charge in [-0.15, -0.1) is 0 Å². The van der Waals surface area contributed by atoms with Gasteiger partial charge < -0.3 is 10.1 Å². The maximum atomic E-state index is 5.96. The van der Waals surface area contributed by atoms with Crippen molar-refractivity contribution in [3.63, 3.8) is 0 Å². The molecule has 1 saturated heterocycles. The number of methoxy groups -OCH3 is 1. The summed E-state index contributed by atoms with van der Waals surface area (Å²) in [7, 11) is 1.62. The molecule has 3 nitrogen and oxygen atoms in total. The third-order valence-electron chi connectivity index (χ3n) is 3.99. The van der Waals surface area contributed by atoms with E-state index in [2.05, 4.69) is 16.4 Å². The van der Waals surface area contributed by atoms with Crippen molar-refractivity contribution in [2.75, 3.05) is 20.2 Å². The summed E-state index contributed by atoms with van der Waals surface area (Å²) in [6.45, 7) is 2.27. The molecule has 4 heteroatoms. The summed E-state index contributed by atoms with van der Waals surface area (Å²) < 4.78 is 5.23. The molecule has 1 aromatic rings. The third-order valence-corrected chi connectivity index (χ3v) is 4.27. The molecule has 18 heavy (non-hydrogen) atoms. The normalized spacial score (nSPS) is 26.7. The van der Waals surface area contributed by atoms with Crippen LogP contribution in [0.5, 0.6) is 5.75 Å². The lowest BCUT2D eigenvalue weighted by Gasteiger charge is -2.23. The fraction of sp³-hybridized carbons (Fsp3) is 0.500. The van der Waals surface area contributed by atoms with Gasteiger partial charge in [-0.25, -0.2) is 4.98 Å². The summed E-state index contributed by atoms with van der Waals surface area (Å²) in [6, 6.07) is 1.99. The molecule has 1 fully saturated rings. The molecular weight excluding hydrogens is 248 g/mol. The Balaban J connectivity index is 1.90. The summed E-state index contributed by atoms with van der Waals surface area (Å²) in [5, 5.41) is 3.89. The molecule has 0 amide bonds. The maximum Gasteiger partial charge on any atom is 0.171 e. The molecule has 96 valence electrons. The standard InChI is InChI=1S/C14H17ClN2O/c1-18-13-5-12(8-17-14(13)15)9-2-3-10-6-16-7-11(10)4-9/h4-5,8,10-11,16H,2-3,6-7H2,1H3. The van der Waals surface area contributed by atoms with Gasteiger partial charge in [0.05, 0.1) is 7.11 Å². The van der Waals surface area contributed by atoms with E-state index in [4.69, 9.17) is 16.3 Å². The summed E-state index contributed by atoms with van der Waals surface area (Å²) in [5.74, 6) is 2.15. The minimum absolute atomic E-state index is 0.429. The van der Waals surface area contributed by atoms with Gasteiger partial charge in [-0.05, 0) is 48.4 Å². The predicted molar refractivity (Wildman–Crippen MR) is 72.9 cm³/mol. The van der Waals surface area contributed by atoms with Crippen molar-refractivity contribution in [3.05, 3.63) is 29.1 Å². The number of halogens is 1. The van der Waals surface area contributed by atoms with Crippen molar-refractivity contribution in [1.29, 1.82) is 0 Å². The van der Waals surface area contributed by atoms with Crippen LogP contribution in [0.2, 0.25) is 5.15 Å². The Morgan fingerprint density at radius 3 is 3.17 bits per heavy atom. The first-order chi connectivity index (χ1) is 8.78. The second-order valence-electron chi connectivity index (χ2n) is 5.03. The molecule has 2 heterocycles. The number of rotatable bonds is 2. The van der Waals surface area contributed by atoms with Gasteiger partial charge in [0.15, 0.2) is 10.9 Å². The average Bonchev–Trinajstić information content (AvgIpc) is 2.86. The summed E-state index contributed by atoms with van der Waals surface area (Å²) in [6.07, 6.45) is 6.63. The first-order valence-corrected chi connectivity index (χ1v) is 6.77. The van der Waals surface area contributed by atoms with Crippen LogP contribution in [0.1, 0.15) is 18.4 Å². The highest BCUT2D eigenvalue weighted by Crippen LogP contribution is 2.37. The van der Waals surface area contributed by atoms with E-state index in [0.717, 1.165) is 31.0 Å². The quantitative estimate of drug-likeness (QED) is 0.834. The molecule has 0 aromatic carbocycles. The van der Waals surface area contributed by atoms with Crippen LogP contribution in [-0.2, 0) is 0 Å². The van der Waals surface area contributed by atoms with Crippen LogP contribution < -0.4 is 10.1 Å². The zero-order valence-corrected chi connectivity index (χ0v) is 11.2. The molecule has 3 rings (SSSR count). The number of nitrogens with one attached hydrogen (secondary N) is 1. The van der Waals surface area contributed by atoms with Gasteiger partial charge in [0, 0.05) is 12.7 Å². The Morgan fingerprint density at radius 2 is 2.33 bits per heavy atom. The van der Waals surface area contributed by atoms with Crippen LogP contribution in [0, 0.1) is 11.8 Å². The first kappa shape index (κ1) is 12.0. The smallest absolute Gasteiger partial charge is 0.171 e. The van der Waals surface area contributed by atoms with Gasteiger partial charge in [0.25, 0.3) is 0 Å². The van der Waals surface area contributed by atoms with Crippen LogP contribution in [0.4, 0.5) is 0 Å². The van der Waals surface area contributed by atoms with E-state index < -0.39 is 0 Å². The minimum atomic E-state index is 0.429. The van der Waals surface area contributed by atoms with Crippen LogP contribution in [0.15, 0.2) is 18.3 Å². The molecule has 2 aliphatic rings. The Bertz CT molecular complexity index is 487. The Hall–Kier alpha value is -1.06. The van der Waals surface area contributed by atoms with Crippen molar-refractivity contribution in [2.45, 2.75) is 12.8 Å². The van der Waals surface area contributed by atoms with Crippen molar-refractivity contribution in [1.82, 2.24) is 10.3 Å². The SMILES string of the molecule is COc1cc(C2=CC3CNCC3CC2)cnc1Cl. The number of fused-ring (bicyclic) bond motifs is 1. The average molecular weight is 265 g/mol. The van der Waals surface area contributed by atoms with Gasteiger partial charge in [0.2, 0.25) is 0 Å². The van der Waals surface area contributed by atoms with Gasteiger partial charge in [-0.3, -0.25) is 0 Å². The Labute approximate surface area is 112 Å². The highest BCUT2D eigenvalue weighted by Gasteiger charge is 2.29. The maximum absolute atomic E-state index is 5.96. The first-order valence-electron chi connectivity index (χ1n) is 6.39. The largest absolute Gasteiger partial charge is 0.494 e. The van der Waals surface area contributed by atoms with E-state index in [0.29, 0.717) is 16.8 Å². The highest BCUT2D eigenvalue weighted by molar-refractivity contribution is 6.30. The topological polar surface area (TPSA) is 34.1 Å². The number of hydrogen-bond donors (Lipinski definition) is 1. The monoisotopic (exact) mass is 264 g/mol. The number of nitrogens with zero attached hydrogens (tertiary/aromatic N) is 1. The van der Waals surface area contributed by atoms with Crippen molar-refractivity contribution < 1.29 is 4.74 Å². The number of aromatic nitrogens is 1. The molecule has 0 spiro atoms. The molecule has 1 aliphatic carbocycles. The summed E-state index contributed by atoms with van der Waals surface area (Å²) in [5.41, 5.74) is 2.52. The van der Waals surface area contributed by atoms with Crippen LogP contribution in [0.3, 0.4) is 0 Å². The van der Waals surface area contributed by atoms with Crippen LogP contribution in [0.25, 0.3) is 5.57 Å². The number of hydrogen-bond acceptors (Lipinski definition) is 3. The molecule has 2 atom stereocenters. The fourth-order valence-electron chi connectivity index (χ4n) is 2.93. The molecule has 1 aromatic heterocycles. The predicted octanol–water partition coefficient (Wildman–Crippen LogP) is 2.76.